The van der Waals surface area contributed by atoms with Crippen molar-refractivity contribution in [2.24, 2.45) is 0 Å². The quantitative estimate of drug-likeness (QED) is 0.900. The van der Waals surface area contributed by atoms with E-state index < -0.39 is 24.6 Å². The summed E-state index contributed by atoms with van der Waals surface area (Å²) in [4.78, 5) is 14.1. The second-order valence-electron chi connectivity index (χ2n) is 3.38. The molecule has 5 nitrogen and oxygen atoms in total. The highest BCUT2D eigenvalue weighted by Crippen LogP contribution is 2.33. The lowest BCUT2D eigenvalue weighted by Gasteiger charge is -2.15. The Kier molecular flexibility index (Phi) is 4.00. The molecule has 1 N–H and O–H groups in total. The highest BCUT2D eigenvalue weighted by atomic mass is 19.4. The van der Waals surface area contributed by atoms with Gasteiger partial charge in [-0.05, 0) is 6.92 Å². The van der Waals surface area contributed by atoms with Crippen molar-refractivity contribution in [1.82, 2.24) is 4.98 Å². The van der Waals surface area contributed by atoms with E-state index in [1.54, 1.807) is 0 Å². The number of methoxy groups -OCH3 is 1. The van der Waals surface area contributed by atoms with Gasteiger partial charge in [-0.25, -0.2) is 4.98 Å². The van der Waals surface area contributed by atoms with Crippen molar-refractivity contribution in [1.29, 1.82) is 0 Å². The lowest BCUT2D eigenvalue weighted by atomic mass is 10.1. The highest BCUT2D eigenvalue weighted by molar-refractivity contribution is 5.72. The van der Waals surface area contributed by atoms with Crippen LogP contribution < -0.4 is 9.47 Å². The van der Waals surface area contributed by atoms with Gasteiger partial charge in [-0.3, -0.25) is 4.79 Å². The van der Waals surface area contributed by atoms with Crippen LogP contribution in [0.15, 0.2) is 6.20 Å². The summed E-state index contributed by atoms with van der Waals surface area (Å²) in [5.41, 5.74) is 0.172. The van der Waals surface area contributed by atoms with Gasteiger partial charge in [-0.15, -0.1) is 13.2 Å². The Morgan fingerprint density at radius 1 is 1.50 bits per heavy atom. The fourth-order valence-corrected chi connectivity index (χ4v) is 1.42. The minimum atomic E-state index is -4.94. The van der Waals surface area contributed by atoms with Crippen molar-refractivity contribution in [2.45, 2.75) is 19.7 Å². The zero-order chi connectivity index (χ0) is 13.9. The molecule has 0 saturated heterocycles. The number of aryl methyl sites for hydroxylation is 1. The van der Waals surface area contributed by atoms with Crippen LogP contribution in [0.5, 0.6) is 11.6 Å². The molecule has 0 aliphatic rings. The fraction of sp³-hybridized carbons (Fsp3) is 0.400. The number of ether oxygens (including phenoxy) is 2. The Morgan fingerprint density at radius 2 is 2.11 bits per heavy atom. The largest absolute Gasteiger partial charge is 0.574 e. The smallest absolute Gasteiger partial charge is 0.496 e. The zero-order valence-corrected chi connectivity index (χ0v) is 9.54. The minimum Gasteiger partial charge on any atom is -0.496 e. The first-order valence-electron chi connectivity index (χ1n) is 4.74. The maximum atomic E-state index is 12.1. The van der Waals surface area contributed by atoms with Gasteiger partial charge >= 0.3 is 12.3 Å². The number of carbonyl (C=O) groups is 1. The van der Waals surface area contributed by atoms with E-state index in [1.165, 1.54) is 14.0 Å². The van der Waals surface area contributed by atoms with Crippen LogP contribution in [0.1, 0.15) is 11.1 Å². The number of carboxylic acids is 1. The number of carboxylic acid groups (broad SMARTS) is 1. The standard InChI is InChI=1S/C10H10F3NO4/c1-5-4-14-9(18-10(11,12)13)6(3-7(15)16)8(5)17-2/h4H,3H2,1-2H3,(H,15,16). The highest BCUT2D eigenvalue weighted by Gasteiger charge is 2.34. The molecule has 18 heavy (non-hydrogen) atoms. The fourth-order valence-electron chi connectivity index (χ4n) is 1.42. The van der Waals surface area contributed by atoms with Gasteiger partial charge in [0.05, 0.1) is 19.1 Å². The molecule has 1 aromatic heterocycles. The molecule has 0 spiro atoms. The molecule has 0 fully saturated rings. The number of aromatic nitrogens is 1. The normalized spacial score (nSPS) is 11.2. The number of hydrogen-bond acceptors (Lipinski definition) is 4. The molecule has 0 saturated carbocycles. The molecular formula is C10H10F3NO4. The summed E-state index contributed by atoms with van der Waals surface area (Å²) in [7, 11) is 1.23. The molecule has 100 valence electrons. The third kappa shape index (κ3) is 3.51. The lowest BCUT2D eigenvalue weighted by molar-refractivity contribution is -0.276. The molecule has 1 aromatic rings. The molecule has 0 atom stereocenters. The Morgan fingerprint density at radius 3 is 2.56 bits per heavy atom. The summed E-state index contributed by atoms with van der Waals surface area (Å²) < 4.78 is 45.0. The maximum absolute atomic E-state index is 12.1. The Bertz CT molecular complexity index is 459. The zero-order valence-electron chi connectivity index (χ0n) is 9.54. The van der Waals surface area contributed by atoms with Crippen molar-refractivity contribution in [3.63, 3.8) is 0 Å². The van der Waals surface area contributed by atoms with E-state index in [1.807, 2.05) is 0 Å². The molecule has 0 aliphatic carbocycles. The average Bonchev–Trinajstić information content (AvgIpc) is 2.20. The van der Waals surface area contributed by atoms with Crippen LogP contribution in [0.3, 0.4) is 0 Å². The number of nitrogens with zero attached hydrogens (tertiary/aromatic N) is 1. The number of aliphatic carboxylic acids is 1. The summed E-state index contributed by atoms with van der Waals surface area (Å²) in [6, 6.07) is 0. The van der Waals surface area contributed by atoms with Crippen LogP contribution in [0, 0.1) is 6.92 Å². The van der Waals surface area contributed by atoms with Gasteiger partial charge in [-0.1, -0.05) is 0 Å². The van der Waals surface area contributed by atoms with E-state index in [-0.39, 0.29) is 11.3 Å². The predicted molar refractivity (Wildman–Crippen MR) is 53.5 cm³/mol. The monoisotopic (exact) mass is 265 g/mol. The number of alkyl halides is 3. The number of rotatable bonds is 4. The number of hydrogen-bond donors (Lipinski definition) is 1. The molecule has 0 radical (unpaired) electrons. The van der Waals surface area contributed by atoms with E-state index in [4.69, 9.17) is 9.84 Å². The summed E-state index contributed by atoms with van der Waals surface area (Å²) in [5, 5.41) is 8.68. The van der Waals surface area contributed by atoms with E-state index in [0.717, 1.165) is 6.20 Å². The minimum absolute atomic E-state index is 0.0200. The Balaban J connectivity index is 3.28. The lowest BCUT2D eigenvalue weighted by Crippen LogP contribution is -2.20. The summed E-state index contributed by atoms with van der Waals surface area (Å²) in [6.07, 6.45) is -4.50. The second-order valence-corrected chi connectivity index (χ2v) is 3.38. The van der Waals surface area contributed by atoms with Crippen molar-refractivity contribution in [2.75, 3.05) is 7.11 Å². The van der Waals surface area contributed by atoms with Crippen molar-refractivity contribution >= 4 is 5.97 Å². The van der Waals surface area contributed by atoms with Gasteiger partial charge in [-0.2, -0.15) is 0 Å². The topological polar surface area (TPSA) is 68.7 Å². The van der Waals surface area contributed by atoms with Gasteiger partial charge < -0.3 is 14.6 Å². The van der Waals surface area contributed by atoms with Gasteiger partial charge in [0, 0.05) is 11.8 Å². The van der Waals surface area contributed by atoms with Gasteiger partial charge in [0.1, 0.15) is 5.75 Å². The van der Waals surface area contributed by atoms with Gasteiger partial charge in [0.15, 0.2) is 0 Å². The Labute approximate surface area is 100 Å². The van der Waals surface area contributed by atoms with E-state index in [0.29, 0.717) is 5.56 Å². The van der Waals surface area contributed by atoms with Crippen LogP contribution in [0.25, 0.3) is 0 Å². The third-order valence-electron chi connectivity index (χ3n) is 2.01. The molecule has 0 aromatic carbocycles. The summed E-state index contributed by atoms with van der Waals surface area (Å²) in [6.45, 7) is 1.54. The van der Waals surface area contributed by atoms with Crippen LogP contribution in [-0.2, 0) is 11.2 Å². The molecule has 8 heteroatoms. The van der Waals surface area contributed by atoms with E-state index in [9.17, 15) is 18.0 Å². The van der Waals surface area contributed by atoms with Crippen molar-refractivity contribution in [3.8, 4) is 11.6 Å². The molecule has 1 rings (SSSR count). The summed E-state index contributed by atoms with van der Waals surface area (Å²) in [5.74, 6) is -2.10. The molecule has 1 heterocycles. The molecular weight excluding hydrogens is 255 g/mol. The van der Waals surface area contributed by atoms with Gasteiger partial charge in [0.25, 0.3) is 0 Å². The average molecular weight is 265 g/mol. The number of halogens is 3. The second kappa shape index (κ2) is 5.11. The SMILES string of the molecule is COc1c(C)cnc(OC(F)(F)F)c1CC(=O)O. The first kappa shape index (κ1) is 14.1. The van der Waals surface area contributed by atoms with Crippen LogP contribution in [0.2, 0.25) is 0 Å². The van der Waals surface area contributed by atoms with Crippen LogP contribution >= 0.6 is 0 Å². The summed E-state index contributed by atoms with van der Waals surface area (Å²) >= 11 is 0. The maximum Gasteiger partial charge on any atom is 0.574 e. The third-order valence-corrected chi connectivity index (χ3v) is 2.01. The number of pyridine rings is 1. The van der Waals surface area contributed by atoms with Crippen molar-refractivity contribution in [3.05, 3.63) is 17.3 Å². The predicted octanol–water partition coefficient (Wildman–Crippen LogP) is 1.92. The van der Waals surface area contributed by atoms with Crippen LogP contribution in [-0.4, -0.2) is 29.5 Å². The molecule has 0 amide bonds. The van der Waals surface area contributed by atoms with Crippen molar-refractivity contribution < 1.29 is 32.5 Å². The molecule has 0 bridgehead atoms. The first-order chi connectivity index (χ1) is 8.24. The molecule has 0 aliphatic heterocycles. The van der Waals surface area contributed by atoms with Crippen LogP contribution in [0.4, 0.5) is 13.2 Å². The first-order valence-corrected chi connectivity index (χ1v) is 4.74. The van der Waals surface area contributed by atoms with E-state index in [2.05, 4.69) is 9.72 Å². The van der Waals surface area contributed by atoms with E-state index >= 15 is 0 Å². The van der Waals surface area contributed by atoms with Gasteiger partial charge in [0.2, 0.25) is 5.88 Å². The Hall–Kier alpha value is -1.99. The molecule has 0 unspecified atom stereocenters.